The molecule has 0 saturated heterocycles. The summed E-state index contributed by atoms with van der Waals surface area (Å²) in [5.74, 6) is 0.945. The van der Waals surface area contributed by atoms with Gasteiger partial charge in [-0.2, -0.15) is 0 Å². The van der Waals surface area contributed by atoms with Gasteiger partial charge in [-0.15, -0.1) is 0 Å². The number of rotatable bonds is 5. The van der Waals surface area contributed by atoms with E-state index >= 15 is 0 Å². The Bertz CT molecular complexity index is 537. The minimum absolute atomic E-state index is 0.184. The van der Waals surface area contributed by atoms with E-state index in [0.29, 0.717) is 23.9 Å². The lowest BCUT2D eigenvalue weighted by molar-refractivity contribution is 0.416. The number of nitrogen functional groups attached to an aromatic ring is 1. The molecule has 5 nitrogen and oxygen atoms in total. The number of sulfonamides is 1. The van der Waals surface area contributed by atoms with E-state index in [9.17, 15) is 8.42 Å². The maximum atomic E-state index is 12.1. The van der Waals surface area contributed by atoms with Crippen molar-refractivity contribution in [2.75, 3.05) is 19.4 Å². The Morgan fingerprint density at radius 1 is 1.37 bits per heavy atom. The van der Waals surface area contributed by atoms with Crippen LogP contribution in [0.15, 0.2) is 23.1 Å². The van der Waals surface area contributed by atoms with Crippen LogP contribution in [0.5, 0.6) is 5.75 Å². The fourth-order valence-electron chi connectivity index (χ4n) is 2.40. The highest BCUT2D eigenvalue weighted by molar-refractivity contribution is 7.89. The lowest BCUT2D eigenvalue weighted by Crippen LogP contribution is -2.28. The van der Waals surface area contributed by atoms with Gasteiger partial charge in [-0.25, -0.2) is 13.1 Å². The molecule has 0 aliphatic heterocycles. The number of hydrogen-bond acceptors (Lipinski definition) is 4. The van der Waals surface area contributed by atoms with Crippen molar-refractivity contribution in [1.82, 2.24) is 4.72 Å². The van der Waals surface area contributed by atoms with E-state index in [1.165, 1.54) is 32.1 Å². The third-order valence-electron chi connectivity index (χ3n) is 3.55. The molecule has 0 spiro atoms. The number of ether oxygens (including phenoxy) is 1. The zero-order valence-corrected chi connectivity index (χ0v) is 11.9. The third-order valence-corrected chi connectivity index (χ3v) is 4.97. The van der Waals surface area contributed by atoms with Crippen LogP contribution in [0.4, 0.5) is 5.69 Å². The molecule has 1 aromatic carbocycles. The van der Waals surface area contributed by atoms with Gasteiger partial charge in [0.25, 0.3) is 0 Å². The van der Waals surface area contributed by atoms with Crippen LogP contribution in [0.2, 0.25) is 0 Å². The second kappa shape index (κ2) is 5.79. The SMILES string of the molecule is COc1ccc(S(=O)(=O)NCC2CCCC2)cc1N. The zero-order chi connectivity index (χ0) is 13.9. The van der Waals surface area contributed by atoms with Gasteiger partial charge in [0.1, 0.15) is 5.75 Å². The number of hydrogen-bond donors (Lipinski definition) is 2. The van der Waals surface area contributed by atoms with E-state index in [0.717, 1.165) is 12.8 Å². The van der Waals surface area contributed by atoms with Gasteiger partial charge in [0.05, 0.1) is 17.7 Å². The summed E-state index contributed by atoms with van der Waals surface area (Å²) in [6.07, 6.45) is 4.60. The predicted octanol–water partition coefficient (Wildman–Crippen LogP) is 1.75. The molecule has 0 aromatic heterocycles. The Morgan fingerprint density at radius 2 is 2.05 bits per heavy atom. The fourth-order valence-corrected chi connectivity index (χ4v) is 3.56. The minimum Gasteiger partial charge on any atom is -0.495 e. The maximum absolute atomic E-state index is 12.1. The van der Waals surface area contributed by atoms with Crippen LogP contribution in [0.1, 0.15) is 25.7 Å². The third kappa shape index (κ3) is 3.39. The quantitative estimate of drug-likeness (QED) is 0.807. The molecule has 0 bridgehead atoms. The van der Waals surface area contributed by atoms with Gasteiger partial charge >= 0.3 is 0 Å². The van der Waals surface area contributed by atoms with Crippen molar-refractivity contribution in [1.29, 1.82) is 0 Å². The van der Waals surface area contributed by atoms with Crippen molar-refractivity contribution in [2.24, 2.45) is 5.92 Å². The number of nitrogens with two attached hydrogens (primary N) is 1. The standard InChI is InChI=1S/C13H20N2O3S/c1-18-13-7-6-11(8-12(13)14)19(16,17)15-9-10-4-2-3-5-10/h6-8,10,15H,2-5,9,14H2,1H3. The van der Waals surface area contributed by atoms with E-state index in [4.69, 9.17) is 10.5 Å². The highest BCUT2D eigenvalue weighted by atomic mass is 32.2. The Balaban J connectivity index is 2.08. The molecular formula is C13H20N2O3S. The van der Waals surface area contributed by atoms with E-state index in [1.807, 2.05) is 0 Å². The topological polar surface area (TPSA) is 81.4 Å². The normalized spacial score (nSPS) is 16.7. The molecule has 19 heavy (non-hydrogen) atoms. The Labute approximate surface area is 114 Å². The second-order valence-corrected chi connectivity index (χ2v) is 6.67. The van der Waals surface area contributed by atoms with E-state index in [2.05, 4.69) is 4.72 Å². The van der Waals surface area contributed by atoms with Crippen molar-refractivity contribution in [3.05, 3.63) is 18.2 Å². The molecule has 1 aliphatic carbocycles. The smallest absolute Gasteiger partial charge is 0.240 e. The van der Waals surface area contributed by atoms with Crippen LogP contribution >= 0.6 is 0 Å². The number of benzene rings is 1. The van der Waals surface area contributed by atoms with Crippen LogP contribution in [-0.2, 0) is 10.0 Å². The maximum Gasteiger partial charge on any atom is 0.240 e. The molecule has 6 heteroatoms. The molecule has 0 atom stereocenters. The molecule has 0 unspecified atom stereocenters. The largest absolute Gasteiger partial charge is 0.495 e. The Kier molecular flexibility index (Phi) is 4.31. The van der Waals surface area contributed by atoms with Gasteiger partial charge in [-0.3, -0.25) is 0 Å². The van der Waals surface area contributed by atoms with Gasteiger partial charge in [0.15, 0.2) is 0 Å². The first-order valence-electron chi connectivity index (χ1n) is 6.46. The van der Waals surface area contributed by atoms with Gasteiger partial charge in [-0.1, -0.05) is 12.8 Å². The van der Waals surface area contributed by atoms with Crippen LogP contribution in [0, 0.1) is 5.92 Å². The van der Waals surface area contributed by atoms with Crippen LogP contribution in [0.25, 0.3) is 0 Å². The summed E-state index contributed by atoms with van der Waals surface area (Å²) in [5, 5.41) is 0. The zero-order valence-electron chi connectivity index (χ0n) is 11.1. The van der Waals surface area contributed by atoms with Crippen molar-refractivity contribution in [3.8, 4) is 5.75 Å². The summed E-state index contributed by atoms with van der Waals surface area (Å²) in [5.41, 5.74) is 6.05. The molecule has 0 amide bonds. The Morgan fingerprint density at radius 3 is 2.63 bits per heavy atom. The van der Waals surface area contributed by atoms with E-state index in [1.54, 1.807) is 6.07 Å². The molecule has 0 heterocycles. The molecule has 106 valence electrons. The average molecular weight is 284 g/mol. The molecule has 0 radical (unpaired) electrons. The minimum atomic E-state index is -3.48. The summed E-state index contributed by atoms with van der Waals surface area (Å²) in [6.45, 7) is 0.508. The first kappa shape index (κ1) is 14.1. The van der Waals surface area contributed by atoms with Gasteiger partial charge in [0, 0.05) is 6.54 Å². The predicted molar refractivity (Wildman–Crippen MR) is 74.6 cm³/mol. The summed E-state index contributed by atoms with van der Waals surface area (Å²) in [4.78, 5) is 0.184. The van der Waals surface area contributed by atoms with Crippen molar-refractivity contribution >= 4 is 15.7 Å². The molecule has 2 rings (SSSR count). The van der Waals surface area contributed by atoms with Crippen LogP contribution in [0.3, 0.4) is 0 Å². The summed E-state index contributed by atoms with van der Waals surface area (Å²) < 4.78 is 31.9. The lowest BCUT2D eigenvalue weighted by atomic mass is 10.1. The molecule has 1 saturated carbocycles. The molecule has 3 N–H and O–H groups in total. The number of nitrogens with one attached hydrogen (secondary N) is 1. The molecule has 1 fully saturated rings. The van der Waals surface area contributed by atoms with Crippen molar-refractivity contribution in [2.45, 2.75) is 30.6 Å². The summed E-state index contributed by atoms with van der Waals surface area (Å²) in [7, 11) is -1.98. The van der Waals surface area contributed by atoms with E-state index in [-0.39, 0.29) is 4.90 Å². The van der Waals surface area contributed by atoms with Crippen LogP contribution < -0.4 is 15.2 Å². The van der Waals surface area contributed by atoms with E-state index < -0.39 is 10.0 Å². The average Bonchev–Trinajstić information content (AvgIpc) is 2.89. The van der Waals surface area contributed by atoms with Gasteiger partial charge in [-0.05, 0) is 37.0 Å². The highest BCUT2D eigenvalue weighted by Crippen LogP contribution is 2.26. The monoisotopic (exact) mass is 284 g/mol. The fraction of sp³-hybridized carbons (Fsp3) is 0.538. The first-order valence-corrected chi connectivity index (χ1v) is 7.94. The van der Waals surface area contributed by atoms with Gasteiger partial charge in [0.2, 0.25) is 10.0 Å². The molecular weight excluding hydrogens is 264 g/mol. The molecule has 1 aliphatic rings. The van der Waals surface area contributed by atoms with Gasteiger partial charge < -0.3 is 10.5 Å². The van der Waals surface area contributed by atoms with Crippen molar-refractivity contribution < 1.29 is 13.2 Å². The molecule has 1 aromatic rings. The summed E-state index contributed by atoms with van der Waals surface area (Å²) >= 11 is 0. The Hall–Kier alpha value is -1.27. The first-order chi connectivity index (χ1) is 9.03. The lowest BCUT2D eigenvalue weighted by Gasteiger charge is -2.12. The number of anilines is 1. The number of methoxy groups -OCH3 is 1. The summed E-state index contributed by atoms with van der Waals surface area (Å²) in [6, 6.07) is 4.50. The highest BCUT2D eigenvalue weighted by Gasteiger charge is 2.20. The van der Waals surface area contributed by atoms with Crippen molar-refractivity contribution in [3.63, 3.8) is 0 Å². The van der Waals surface area contributed by atoms with Crippen LogP contribution in [-0.4, -0.2) is 22.1 Å². The second-order valence-electron chi connectivity index (χ2n) is 4.91.